The first-order valence-electron chi connectivity index (χ1n) is 17.8. The average Bonchev–Trinajstić information content (AvgIpc) is 3.69. The number of hydrogen-bond donors (Lipinski definition) is 2. The zero-order valence-corrected chi connectivity index (χ0v) is 31.3. The third kappa shape index (κ3) is 6.48. The molecule has 13 nitrogen and oxygen atoms in total. The Labute approximate surface area is 314 Å². The number of rotatable bonds is 8. The van der Waals surface area contributed by atoms with Crippen molar-refractivity contribution in [2.24, 2.45) is 0 Å². The van der Waals surface area contributed by atoms with E-state index >= 15 is 4.39 Å². The number of anilines is 1. The summed E-state index contributed by atoms with van der Waals surface area (Å²) in [5, 5.41) is 17.9. The fraction of sp³-hybridized carbons (Fsp3) is 0.395. The number of nitrogens with one attached hydrogen (secondary N) is 1. The van der Waals surface area contributed by atoms with Gasteiger partial charge in [-0.2, -0.15) is 9.50 Å². The molecule has 54 heavy (non-hydrogen) atoms. The van der Waals surface area contributed by atoms with E-state index in [-0.39, 0.29) is 70.6 Å². The van der Waals surface area contributed by atoms with Crippen LogP contribution in [0.2, 0.25) is 5.02 Å². The number of benzene rings is 2. The van der Waals surface area contributed by atoms with Gasteiger partial charge in [0.2, 0.25) is 11.7 Å². The van der Waals surface area contributed by atoms with Gasteiger partial charge in [0, 0.05) is 36.3 Å². The van der Waals surface area contributed by atoms with E-state index in [9.17, 15) is 23.9 Å². The molecule has 5 aromatic rings. The van der Waals surface area contributed by atoms with Gasteiger partial charge in [0.25, 0.3) is 11.5 Å². The fourth-order valence-corrected chi connectivity index (χ4v) is 8.23. The molecule has 3 aromatic heterocycles. The monoisotopic (exact) mass is 759 g/mol. The molecule has 0 bridgehead atoms. The Morgan fingerprint density at radius 2 is 1.85 bits per heavy atom. The highest BCUT2D eigenvalue weighted by molar-refractivity contribution is 6.33. The summed E-state index contributed by atoms with van der Waals surface area (Å²) < 4.78 is 33.1. The van der Waals surface area contributed by atoms with Gasteiger partial charge in [0.1, 0.15) is 24.5 Å². The normalized spacial score (nSPS) is 16.4. The van der Waals surface area contributed by atoms with Crippen molar-refractivity contribution in [3.63, 3.8) is 0 Å². The maximum Gasteiger partial charge on any atom is 0.279 e. The predicted octanol–water partition coefficient (Wildman–Crippen LogP) is 5.24. The van der Waals surface area contributed by atoms with E-state index in [2.05, 4.69) is 25.4 Å². The molecular formula is C38H40ClF2N9O4. The van der Waals surface area contributed by atoms with Crippen molar-refractivity contribution in [3.8, 4) is 17.1 Å². The number of carbonyl (C=O) groups is 2. The van der Waals surface area contributed by atoms with Gasteiger partial charge in [-0.05, 0) is 88.0 Å². The largest absolute Gasteiger partial charge is 0.504 e. The lowest BCUT2D eigenvalue weighted by Gasteiger charge is -2.39. The molecule has 0 radical (unpaired) electrons. The molecule has 282 valence electrons. The third-order valence-corrected chi connectivity index (χ3v) is 10.9. The van der Waals surface area contributed by atoms with E-state index in [1.54, 1.807) is 35.4 Å². The number of nitrogens with zero attached hydrogens (tertiary/aromatic N) is 8. The van der Waals surface area contributed by atoms with E-state index in [0.29, 0.717) is 49.0 Å². The Bertz CT molecular complexity index is 2390. The highest BCUT2D eigenvalue weighted by Gasteiger charge is 2.49. The molecule has 1 aliphatic carbocycles. The van der Waals surface area contributed by atoms with E-state index in [1.165, 1.54) is 24.5 Å². The Hall–Kier alpha value is -5.28. The van der Waals surface area contributed by atoms with Crippen LogP contribution in [0.25, 0.3) is 17.2 Å². The lowest BCUT2D eigenvalue weighted by molar-refractivity contribution is -0.116. The van der Waals surface area contributed by atoms with Gasteiger partial charge in [0.15, 0.2) is 17.3 Å². The van der Waals surface area contributed by atoms with Crippen LogP contribution in [0.4, 0.5) is 14.5 Å². The number of aromatic nitrogens is 6. The molecule has 1 unspecified atom stereocenters. The second kappa shape index (κ2) is 14.2. The van der Waals surface area contributed by atoms with Crippen molar-refractivity contribution >= 4 is 34.9 Å². The summed E-state index contributed by atoms with van der Waals surface area (Å²) in [5.74, 6) is -2.54. The number of carbonyl (C=O) groups excluding carboxylic acids is 2. The number of aryl methyl sites for hydroxylation is 2. The maximum atomic E-state index is 15.6. The number of amides is 2. The summed E-state index contributed by atoms with van der Waals surface area (Å²) in [6.07, 6.45) is 3.03. The molecule has 7 rings (SSSR count). The van der Waals surface area contributed by atoms with Crippen molar-refractivity contribution in [2.75, 3.05) is 32.5 Å². The molecule has 1 atom stereocenters. The molecule has 0 saturated carbocycles. The van der Waals surface area contributed by atoms with Crippen LogP contribution in [0.1, 0.15) is 77.6 Å². The molecular weight excluding hydrogens is 720 g/mol. The van der Waals surface area contributed by atoms with E-state index in [0.717, 1.165) is 10.1 Å². The number of hydrogen-bond acceptors (Lipinski definition) is 9. The predicted molar refractivity (Wildman–Crippen MR) is 198 cm³/mol. The number of piperidine rings is 1. The molecule has 2 amide bonds. The summed E-state index contributed by atoms with van der Waals surface area (Å²) in [6, 6.07) is 7.40. The molecule has 1 aliphatic heterocycles. The number of fused-ring (bicyclic) bond motifs is 3. The van der Waals surface area contributed by atoms with Crippen LogP contribution in [0.15, 0.2) is 41.5 Å². The number of aromatic hydroxyl groups is 1. The summed E-state index contributed by atoms with van der Waals surface area (Å²) in [6.45, 7) is 6.08. The molecule has 16 heteroatoms. The van der Waals surface area contributed by atoms with Crippen molar-refractivity contribution in [1.82, 2.24) is 38.9 Å². The molecule has 1 fully saturated rings. The molecule has 4 heterocycles. The first kappa shape index (κ1) is 37.1. The quantitative estimate of drug-likeness (QED) is 0.217. The average molecular weight is 760 g/mol. The van der Waals surface area contributed by atoms with Crippen LogP contribution in [0.3, 0.4) is 0 Å². The van der Waals surface area contributed by atoms with Crippen LogP contribution in [0.5, 0.6) is 5.75 Å². The van der Waals surface area contributed by atoms with Crippen LogP contribution in [0, 0.1) is 18.6 Å². The molecule has 2 aliphatic rings. The summed E-state index contributed by atoms with van der Waals surface area (Å²) in [4.78, 5) is 57.9. The van der Waals surface area contributed by atoms with Gasteiger partial charge in [-0.1, -0.05) is 31.5 Å². The summed E-state index contributed by atoms with van der Waals surface area (Å²) in [7, 11) is 3.76. The molecule has 2 aromatic carbocycles. The van der Waals surface area contributed by atoms with Crippen LogP contribution in [-0.4, -0.2) is 83.0 Å². The second-order valence-corrected chi connectivity index (χ2v) is 14.9. The van der Waals surface area contributed by atoms with Crippen LogP contribution in [-0.2, 0) is 29.7 Å². The standard InChI is InChI=1S/C38H40ClF2N9O4/c1-6-23-14-25(39)28(15-26(23)40)44-29(51)18-49-32-20(2)16-38(9-11-48(12-10-38)36(54)31-33(52)21(3)42-19-43-31)30(32)35(53)50-37(49)45-34(46-50)24-8-7-22(13-27(24)41)17-47(4)5/h7-8,13-15,19-20,52H,6,9-12,16-18H2,1-5H3,(H,44,51). The van der Waals surface area contributed by atoms with Gasteiger partial charge in [-0.15, -0.1) is 5.10 Å². The highest BCUT2D eigenvalue weighted by Crippen LogP contribution is 2.50. The SMILES string of the molecule is CCc1cc(Cl)c(NC(=O)Cn2c3c(c(=O)n4nc(-c5ccc(CN(C)C)cc5F)nc24)C2(CCN(C(=O)c4ncnc(C)c4O)CC2)CC3C)cc1F. The van der Waals surface area contributed by atoms with Gasteiger partial charge >= 0.3 is 0 Å². The second-order valence-electron chi connectivity index (χ2n) is 14.5. The van der Waals surface area contributed by atoms with Crippen molar-refractivity contribution < 1.29 is 23.5 Å². The van der Waals surface area contributed by atoms with E-state index in [1.807, 2.05) is 25.9 Å². The van der Waals surface area contributed by atoms with Crippen molar-refractivity contribution in [3.05, 3.63) is 97.4 Å². The zero-order valence-electron chi connectivity index (χ0n) is 30.6. The summed E-state index contributed by atoms with van der Waals surface area (Å²) in [5.41, 5.74) is 1.46. The topological polar surface area (TPSA) is 151 Å². The minimum Gasteiger partial charge on any atom is -0.504 e. The van der Waals surface area contributed by atoms with Crippen molar-refractivity contribution in [1.29, 1.82) is 0 Å². The summed E-state index contributed by atoms with van der Waals surface area (Å²) >= 11 is 6.43. The molecule has 1 spiro atoms. The Balaban J connectivity index is 1.30. The number of likely N-dealkylation sites (tertiary alicyclic amines) is 1. The first-order valence-corrected chi connectivity index (χ1v) is 18.1. The highest BCUT2D eigenvalue weighted by atomic mass is 35.5. The maximum absolute atomic E-state index is 15.6. The lowest BCUT2D eigenvalue weighted by atomic mass is 9.73. The van der Waals surface area contributed by atoms with Crippen LogP contribution >= 0.6 is 11.6 Å². The smallest absolute Gasteiger partial charge is 0.279 e. The minimum absolute atomic E-state index is 0.0267. The zero-order chi connectivity index (χ0) is 38.6. The molecule has 1 saturated heterocycles. The Kier molecular flexibility index (Phi) is 9.73. The van der Waals surface area contributed by atoms with Gasteiger partial charge in [0.05, 0.1) is 22.0 Å². The Morgan fingerprint density at radius 3 is 2.54 bits per heavy atom. The van der Waals surface area contributed by atoms with Crippen molar-refractivity contribution in [2.45, 2.75) is 70.9 Å². The Morgan fingerprint density at radius 1 is 1.11 bits per heavy atom. The van der Waals surface area contributed by atoms with Gasteiger partial charge in [-0.25, -0.2) is 18.7 Å². The minimum atomic E-state index is -0.688. The van der Waals surface area contributed by atoms with Gasteiger partial charge < -0.3 is 24.8 Å². The third-order valence-electron chi connectivity index (χ3n) is 10.6. The fourth-order valence-electron chi connectivity index (χ4n) is 8.00. The lowest BCUT2D eigenvalue weighted by Crippen LogP contribution is -2.46. The van der Waals surface area contributed by atoms with E-state index < -0.39 is 34.4 Å². The number of halogens is 3. The van der Waals surface area contributed by atoms with Crippen LogP contribution < -0.4 is 10.9 Å². The first-order chi connectivity index (χ1) is 25.7. The van der Waals surface area contributed by atoms with Gasteiger partial charge in [-0.3, -0.25) is 14.4 Å². The molecule has 2 N–H and O–H groups in total. The van der Waals surface area contributed by atoms with E-state index in [4.69, 9.17) is 11.6 Å².